The van der Waals surface area contributed by atoms with Crippen LogP contribution >= 0.6 is 34.2 Å². The lowest BCUT2D eigenvalue weighted by Crippen LogP contribution is -2.34. The van der Waals surface area contributed by atoms with Crippen LogP contribution in [0.2, 0.25) is 0 Å². The van der Waals surface area contributed by atoms with Crippen molar-refractivity contribution < 1.29 is 10.0 Å². The summed E-state index contributed by atoms with van der Waals surface area (Å²) in [6.07, 6.45) is 0. The van der Waals surface area contributed by atoms with Gasteiger partial charge in [0.1, 0.15) is 0 Å². The number of amides is 2. The van der Waals surface area contributed by atoms with Gasteiger partial charge in [0.2, 0.25) is 0 Å². The maximum atomic E-state index is 11.3. The van der Waals surface area contributed by atoms with Gasteiger partial charge in [-0.2, -0.15) is 5.06 Å². The Hall–Kier alpha value is -0.860. The van der Waals surface area contributed by atoms with Crippen molar-refractivity contribution in [2.45, 2.75) is 13.0 Å². The molecule has 0 saturated carbocycles. The predicted molar refractivity (Wildman–Crippen MR) is 76.4 cm³/mol. The summed E-state index contributed by atoms with van der Waals surface area (Å²) >= 11 is 3.28. The zero-order valence-corrected chi connectivity index (χ0v) is 12.0. The molecule has 0 bridgehead atoms. The molecule has 0 fully saturated rings. The second kappa shape index (κ2) is 5.19. The van der Waals surface area contributed by atoms with Crippen LogP contribution in [0.3, 0.4) is 0 Å². The number of carbonyl (C=O) groups is 1. The summed E-state index contributed by atoms with van der Waals surface area (Å²) in [5.74, 6) is 0. The Morgan fingerprint density at radius 1 is 1.53 bits per heavy atom. The van der Waals surface area contributed by atoms with Crippen LogP contribution in [0.1, 0.15) is 17.8 Å². The fraction of sp³-hybridized carbons (Fsp3) is 0.182. The molecule has 0 aliphatic rings. The maximum absolute atomic E-state index is 11.3. The van der Waals surface area contributed by atoms with E-state index in [9.17, 15) is 10.0 Å². The van der Waals surface area contributed by atoms with Crippen molar-refractivity contribution in [2.24, 2.45) is 0 Å². The average molecular weight is 362 g/mol. The lowest BCUT2D eigenvalue weighted by molar-refractivity contribution is -0.0708. The quantitative estimate of drug-likeness (QED) is 0.370. The molecule has 4 nitrogen and oxygen atoms in total. The van der Waals surface area contributed by atoms with E-state index in [1.54, 1.807) is 41.1 Å². The molecule has 1 atom stereocenters. The van der Waals surface area contributed by atoms with E-state index < -0.39 is 6.03 Å². The third-order valence-corrected chi connectivity index (χ3v) is 4.26. The molecule has 0 aliphatic carbocycles. The minimum atomic E-state index is -0.518. The Morgan fingerprint density at radius 2 is 2.24 bits per heavy atom. The molecule has 0 aliphatic heterocycles. The Balaban J connectivity index is 2.30. The number of thiophene rings is 1. The van der Waals surface area contributed by atoms with Crippen molar-refractivity contribution in [3.63, 3.8) is 0 Å². The summed E-state index contributed by atoms with van der Waals surface area (Å²) in [5.41, 5.74) is 0. The van der Waals surface area contributed by atoms with E-state index in [4.69, 9.17) is 0 Å². The number of hydrogen-bond acceptors (Lipinski definition) is 3. The average Bonchev–Trinajstić information content (AvgIpc) is 2.79. The molecule has 1 aromatic carbocycles. The molecule has 2 aromatic rings. The number of hydrogen-bond donors (Lipinski definition) is 2. The van der Waals surface area contributed by atoms with Crippen molar-refractivity contribution >= 4 is 50.3 Å². The topological polar surface area (TPSA) is 52.6 Å². The van der Waals surface area contributed by atoms with E-state index in [-0.39, 0.29) is 6.04 Å². The number of nitrogens with one attached hydrogen (secondary N) is 1. The largest absolute Gasteiger partial charge is 0.350 e. The molecular weight excluding hydrogens is 351 g/mol. The number of benzene rings is 1. The van der Waals surface area contributed by atoms with Gasteiger partial charge in [0.15, 0.2) is 0 Å². The van der Waals surface area contributed by atoms with Gasteiger partial charge in [-0.15, -0.1) is 11.3 Å². The fourth-order valence-corrected chi connectivity index (χ4v) is 2.90. The Kier molecular flexibility index (Phi) is 3.85. The van der Waals surface area contributed by atoms with Gasteiger partial charge in [-0.1, -0.05) is 18.2 Å². The van der Waals surface area contributed by atoms with Crippen molar-refractivity contribution in [2.75, 3.05) is 0 Å². The molecule has 0 radical (unpaired) electrons. The molecule has 2 N–H and O–H groups in total. The minimum Gasteiger partial charge on any atom is -0.284 e. The summed E-state index contributed by atoms with van der Waals surface area (Å²) in [6, 6.07) is 9.10. The summed E-state index contributed by atoms with van der Waals surface area (Å²) in [6.45, 7) is 1.79. The number of carbonyl (C=O) groups excluding carboxylic acids is 1. The normalized spacial score (nSPS) is 12.4. The Morgan fingerprint density at radius 3 is 2.88 bits per heavy atom. The van der Waals surface area contributed by atoms with E-state index in [0.717, 1.165) is 15.0 Å². The van der Waals surface area contributed by atoms with Crippen molar-refractivity contribution in [1.82, 2.24) is 8.59 Å². The van der Waals surface area contributed by atoms with E-state index in [1.165, 1.54) is 0 Å². The third kappa shape index (κ3) is 2.53. The zero-order chi connectivity index (χ0) is 12.4. The third-order valence-electron chi connectivity index (χ3n) is 2.51. The van der Waals surface area contributed by atoms with Gasteiger partial charge in [0.25, 0.3) is 0 Å². The van der Waals surface area contributed by atoms with Gasteiger partial charge in [0.05, 0.1) is 28.9 Å². The SMILES string of the molecule is CC(c1cc2ccccc2s1)N(O)C(=O)NI. The lowest BCUT2D eigenvalue weighted by Gasteiger charge is -2.20. The van der Waals surface area contributed by atoms with Crippen LogP contribution in [0.25, 0.3) is 10.1 Å². The first-order valence-corrected chi connectivity index (χ1v) is 6.90. The summed E-state index contributed by atoms with van der Waals surface area (Å²) in [7, 11) is 0. The standard InChI is InChI=1S/C11H11IN2O2S/c1-7(14(16)11(15)13-12)10-6-8-4-2-3-5-9(8)17-10/h2-7,16H,1H3,(H,13,15). The highest BCUT2D eigenvalue weighted by atomic mass is 127. The van der Waals surface area contributed by atoms with Crippen LogP contribution in [0, 0.1) is 0 Å². The van der Waals surface area contributed by atoms with Crippen LogP contribution in [-0.2, 0) is 0 Å². The van der Waals surface area contributed by atoms with Crippen LogP contribution < -0.4 is 3.53 Å². The Bertz CT molecular complexity index is 510. The van der Waals surface area contributed by atoms with Gasteiger partial charge >= 0.3 is 6.03 Å². The Labute approximate surface area is 117 Å². The first-order valence-electron chi connectivity index (χ1n) is 5.00. The van der Waals surface area contributed by atoms with Gasteiger partial charge in [-0.05, 0) is 24.4 Å². The summed E-state index contributed by atoms with van der Waals surface area (Å²) in [4.78, 5) is 12.3. The molecule has 1 unspecified atom stereocenters. The van der Waals surface area contributed by atoms with Crippen molar-refractivity contribution in [3.05, 3.63) is 35.2 Å². The smallest absolute Gasteiger partial charge is 0.284 e. The van der Waals surface area contributed by atoms with E-state index in [2.05, 4.69) is 3.53 Å². The highest BCUT2D eigenvalue weighted by Crippen LogP contribution is 2.31. The molecular formula is C11H11IN2O2S. The number of halogens is 1. The number of nitrogens with zero attached hydrogens (tertiary/aromatic N) is 1. The van der Waals surface area contributed by atoms with Crippen LogP contribution in [-0.4, -0.2) is 16.3 Å². The van der Waals surface area contributed by atoms with Crippen LogP contribution in [0.4, 0.5) is 4.79 Å². The predicted octanol–water partition coefficient (Wildman–Crippen LogP) is 3.71. The number of rotatable bonds is 2. The number of urea groups is 1. The van der Waals surface area contributed by atoms with Gasteiger partial charge in [-0.25, -0.2) is 4.79 Å². The molecule has 1 heterocycles. The van der Waals surface area contributed by atoms with E-state index in [0.29, 0.717) is 5.06 Å². The number of fused-ring (bicyclic) bond motifs is 1. The molecule has 1 aromatic heterocycles. The van der Waals surface area contributed by atoms with Crippen LogP contribution in [0.15, 0.2) is 30.3 Å². The first-order chi connectivity index (χ1) is 8.13. The molecule has 2 rings (SSSR count). The highest BCUT2D eigenvalue weighted by molar-refractivity contribution is 14.1. The van der Waals surface area contributed by atoms with Gasteiger partial charge in [0, 0.05) is 9.58 Å². The van der Waals surface area contributed by atoms with Gasteiger partial charge in [-0.3, -0.25) is 8.74 Å². The molecule has 2 amide bonds. The molecule has 6 heteroatoms. The summed E-state index contributed by atoms with van der Waals surface area (Å²) in [5, 5.41) is 11.5. The second-order valence-electron chi connectivity index (χ2n) is 3.61. The second-order valence-corrected chi connectivity index (χ2v) is 5.26. The van der Waals surface area contributed by atoms with E-state index in [1.807, 2.05) is 30.3 Å². The first kappa shape index (κ1) is 12.6. The monoisotopic (exact) mass is 362 g/mol. The zero-order valence-electron chi connectivity index (χ0n) is 9.05. The van der Waals surface area contributed by atoms with Crippen molar-refractivity contribution in [3.8, 4) is 0 Å². The lowest BCUT2D eigenvalue weighted by atomic mass is 10.2. The molecule has 0 spiro atoms. The number of hydroxylamine groups is 2. The highest BCUT2D eigenvalue weighted by Gasteiger charge is 2.20. The molecule has 0 saturated heterocycles. The van der Waals surface area contributed by atoms with Crippen molar-refractivity contribution in [1.29, 1.82) is 0 Å². The van der Waals surface area contributed by atoms with E-state index >= 15 is 0 Å². The molecule has 90 valence electrons. The fourth-order valence-electron chi connectivity index (χ4n) is 1.55. The minimum absolute atomic E-state index is 0.359. The van der Waals surface area contributed by atoms with Gasteiger partial charge < -0.3 is 0 Å². The maximum Gasteiger partial charge on any atom is 0.350 e. The van der Waals surface area contributed by atoms with Crippen LogP contribution in [0.5, 0.6) is 0 Å². The molecule has 17 heavy (non-hydrogen) atoms. The summed E-state index contributed by atoms with van der Waals surface area (Å²) < 4.78 is 3.51.